The van der Waals surface area contributed by atoms with E-state index in [0.717, 1.165) is 12.1 Å². The van der Waals surface area contributed by atoms with E-state index in [-0.39, 0.29) is 5.88 Å². The van der Waals surface area contributed by atoms with Crippen LogP contribution in [-0.4, -0.2) is 0 Å². The minimum absolute atomic E-state index is 0.00871. The Balaban J connectivity index is 2.61. The second-order valence-corrected chi connectivity index (χ2v) is 5.35. The lowest BCUT2D eigenvalue weighted by atomic mass is 10.00. The maximum Gasteiger partial charge on any atom is 0.416 e. The van der Waals surface area contributed by atoms with Crippen LogP contribution < -0.4 is 0 Å². The third-order valence-corrected chi connectivity index (χ3v) is 3.42. The molecule has 2 aromatic carbocycles. The van der Waals surface area contributed by atoms with Crippen LogP contribution in [0.1, 0.15) is 11.1 Å². The van der Waals surface area contributed by atoms with Gasteiger partial charge in [-0.1, -0.05) is 23.2 Å². The first-order chi connectivity index (χ1) is 9.29. The molecule has 0 unspecified atom stereocenters. The largest absolute Gasteiger partial charge is 0.416 e. The molecule has 2 aromatic rings. The molecule has 0 spiro atoms. The SMILES string of the molecule is FC(F)(F)c1cc(CCl)cc(-c2cc(Cl)cc(Cl)c2)c1. The van der Waals surface area contributed by atoms with Gasteiger partial charge in [0.05, 0.1) is 5.56 Å². The van der Waals surface area contributed by atoms with Crippen LogP contribution in [-0.2, 0) is 12.1 Å². The van der Waals surface area contributed by atoms with Crippen molar-refractivity contribution < 1.29 is 13.2 Å². The number of alkyl halides is 4. The molecule has 0 amide bonds. The van der Waals surface area contributed by atoms with E-state index in [4.69, 9.17) is 34.8 Å². The van der Waals surface area contributed by atoms with Crippen molar-refractivity contribution in [3.05, 3.63) is 57.6 Å². The zero-order chi connectivity index (χ0) is 14.9. The quantitative estimate of drug-likeness (QED) is 0.554. The molecule has 0 saturated carbocycles. The van der Waals surface area contributed by atoms with Gasteiger partial charge in [0, 0.05) is 15.9 Å². The lowest BCUT2D eigenvalue weighted by molar-refractivity contribution is -0.137. The zero-order valence-corrected chi connectivity index (χ0v) is 12.2. The predicted octanol–water partition coefficient (Wildman–Crippen LogP) is 6.42. The second-order valence-electron chi connectivity index (χ2n) is 4.21. The second kappa shape index (κ2) is 5.84. The van der Waals surface area contributed by atoms with Crippen LogP contribution in [0.3, 0.4) is 0 Å². The third-order valence-electron chi connectivity index (χ3n) is 2.67. The minimum atomic E-state index is -4.43. The van der Waals surface area contributed by atoms with Crippen LogP contribution in [0.25, 0.3) is 11.1 Å². The zero-order valence-electron chi connectivity index (χ0n) is 9.94. The van der Waals surface area contributed by atoms with E-state index < -0.39 is 11.7 Å². The van der Waals surface area contributed by atoms with Gasteiger partial charge in [-0.25, -0.2) is 0 Å². The number of rotatable bonds is 2. The summed E-state index contributed by atoms with van der Waals surface area (Å²) in [7, 11) is 0. The lowest BCUT2D eigenvalue weighted by Gasteiger charge is -2.12. The first-order valence-electron chi connectivity index (χ1n) is 5.53. The van der Waals surface area contributed by atoms with Gasteiger partial charge < -0.3 is 0 Å². The number of hydrogen-bond donors (Lipinski definition) is 0. The molecule has 0 heterocycles. The molecule has 6 heteroatoms. The van der Waals surface area contributed by atoms with Gasteiger partial charge in [-0.2, -0.15) is 13.2 Å². The molecular weight excluding hydrogens is 332 g/mol. The monoisotopic (exact) mass is 338 g/mol. The molecular formula is C14H8Cl3F3. The Morgan fingerprint density at radius 1 is 0.800 bits per heavy atom. The Bertz CT molecular complexity index is 616. The van der Waals surface area contributed by atoms with Crippen LogP contribution in [0.15, 0.2) is 36.4 Å². The van der Waals surface area contributed by atoms with Gasteiger partial charge in [-0.15, -0.1) is 11.6 Å². The third kappa shape index (κ3) is 3.60. The van der Waals surface area contributed by atoms with Crippen LogP contribution in [0.4, 0.5) is 13.2 Å². The fraction of sp³-hybridized carbons (Fsp3) is 0.143. The summed E-state index contributed by atoms with van der Waals surface area (Å²) in [6.45, 7) is 0. The van der Waals surface area contributed by atoms with E-state index in [0.29, 0.717) is 26.7 Å². The average molecular weight is 340 g/mol. The van der Waals surface area contributed by atoms with Crippen molar-refractivity contribution in [1.29, 1.82) is 0 Å². The van der Waals surface area contributed by atoms with Gasteiger partial charge in [0.25, 0.3) is 0 Å². The number of halogens is 6. The summed E-state index contributed by atoms with van der Waals surface area (Å²) >= 11 is 17.4. The highest BCUT2D eigenvalue weighted by molar-refractivity contribution is 6.35. The van der Waals surface area contributed by atoms with Crippen molar-refractivity contribution in [2.75, 3.05) is 0 Å². The van der Waals surface area contributed by atoms with E-state index in [9.17, 15) is 13.2 Å². The highest BCUT2D eigenvalue weighted by atomic mass is 35.5. The Morgan fingerprint density at radius 2 is 1.35 bits per heavy atom. The van der Waals surface area contributed by atoms with Crippen LogP contribution in [0.5, 0.6) is 0 Å². The molecule has 0 aromatic heterocycles. The van der Waals surface area contributed by atoms with Gasteiger partial charge in [0.1, 0.15) is 0 Å². The van der Waals surface area contributed by atoms with Gasteiger partial charge in [0.2, 0.25) is 0 Å². The Labute approximate surface area is 129 Å². The maximum absolute atomic E-state index is 12.9. The Kier molecular flexibility index (Phi) is 4.52. The van der Waals surface area contributed by atoms with Gasteiger partial charge in [-0.05, 0) is 53.1 Å². The summed E-state index contributed by atoms with van der Waals surface area (Å²) in [6.07, 6.45) is -4.43. The topological polar surface area (TPSA) is 0 Å². The lowest BCUT2D eigenvalue weighted by Crippen LogP contribution is -2.05. The average Bonchev–Trinajstić information content (AvgIpc) is 2.36. The summed E-state index contributed by atoms with van der Waals surface area (Å²) in [5, 5.41) is 0.717. The van der Waals surface area contributed by atoms with E-state index in [1.54, 1.807) is 18.2 Å². The first kappa shape index (κ1) is 15.5. The number of benzene rings is 2. The molecule has 0 saturated heterocycles. The molecule has 0 radical (unpaired) electrons. The molecule has 0 atom stereocenters. The normalized spacial score (nSPS) is 11.7. The summed E-state index contributed by atoms with van der Waals surface area (Å²) in [5.74, 6) is -0.00871. The molecule has 0 aliphatic rings. The summed E-state index contributed by atoms with van der Waals surface area (Å²) < 4.78 is 38.6. The molecule has 106 valence electrons. The van der Waals surface area contributed by atoms with Crippen molar-refractivity contribution in [3.8, 4) is 11.1 Å². The van der Waals surface area contributed by atoms with Crippen molar-refractivity contribution in [3.63, 3.8) is 0 Å². The van der Waals surface area contributed by atoms with Crippen LogP contribution >= 0.6 is 34.8 Å². The van der Waals surface area contributed by atoms with Crippen molar-refractivity contribution in [2.24, 2.45) is 0 Å². The van der Waals surface area contributed by atoms with Crippen molar-refractivity contribution >= 4 is 34.8 Å². The van der Waals surface area contributed by atoms with Crippen molar-refractivity contribution in [1.82, 2.24) is 0 Å². The molecule has 0 bridgehead atoms. The molecule has 0 aliphatic heterocycles. The van der Waals surface area contributed by atoms with Gasteiger partial charge in [0.15, 0.2) is 0 Å². The summed E-state index contributed by atoms with van der Waals surface area (Å²) in [4.78, 5) is 0. The molecule has 2 rings (SSSR count). The molecule has 0 N–H and O–H groups in total. The Morgan fingerprint density at radius 3 is 1.85 bits per heavy atom. The summed E-state index contributed by atoms with van der Waals surface area (Å²) in [6, 6.07) is 8.30. The van der Waals surface area contributed by atoms with Gasteiger partial charge >= 0.3 is 6.18 Å². The molecule has 0 nitrogen and oxygen atoms in total. The fourth-order valence-electron chi connectivity index (χ4n) is 1.82. The van der Waals surface area contributed by atoms with E-state index >= 15 is 0 Å². The van der Waals surface area contributed by atoms with Crippen molar-refractivity contribution in [2.45, 2.75) is 12.1 Å². The Hall–Kier alpha value is -0.900. The first-order valence-corrected chi connectivity index (χ1v) is 6.82. The smallest absolute Gasteiger partial charge is 0.166 e. The van der Waals surface area contributed by atoms with E-state index in [2.05, 4.69) is 0 Å². The maximum atomic E-state index is 12.9. The van der Waals surface area contributed by atoms with Crippen LogP contribution in [0.2, 0.25) is 10.0 Å². The molecule has 0 fully saturated rings. The summed E-state index contributed by atoms with van der Waals surface area (Å²) in [5.41, 5.74) is 0.522. The fourth-order valence-corrected chi connectivity index (χ4v) is 2.50. The molecule has 0 aliphatic carbocycles. The predicted molar refractivity (Wildman–Crippen MR) is 76.5 cm³/mol. The highest BCUT2D eigenvalue weighted by Gasteiger charge is 2.31. The highest BCUT2D eigenvalue weighted by Crippen LogP contribution is 2.35. The van der Waals surface area contributed by atoms with Crippen LogP contribution in [0, 0.1) is 0 Å². The van der Waals surface area contributed by atoms with E-state index in [1.807, 2.05) is 0 Å². The minimum Gasteiger partial charge on any atom is -0.166 e. The molecule has 20 heavy (non-hydrogen) atoms. The number of hydrogen-bond acceptors (Lipinski definition) is 0. The van der Waals surface area contributed by atoms with Gasteiger partial charge in [-0.3, -0.25) is 0 Å². The van der Waals surface area contributed by atoms with E-state index in [1.165, 1.54) is 6.07 Å². The standard InChI is InChI=1S/C14H8Cl3F3/c15-7-8-1-9(3-11(2-8)14(18,19)20)10-4-12(16)6-13(17)5-10/h1-6H,7H2.